The number of amides is 1. The molecule has 2 rings (SSSR count). The Bertz CT molecular complexity index is 345. The first kappa shape index (κ1) is 13.4. The highest BCUT2D eigenvalue weighted by molar-refractivity contribution is 9.10. The third-order valence-electron chi connectivity index (χ3n) is 4.18. The summed E-state index contributed by atoms with van der Waals surface area (Å²) in [7, 11) is 0. The van der Waals surface area contributed by atoms with Gasteiger partial charge in [0.15, 0.2) is 0 Å². The van der Waals surface area contributed by atoms with E-state index in [-0.39, 0.29) is 5.91 Å². The van der Waals surface area contributed by atoms with Crippen molar-refractivity contribution >= 4 is 21.8 Å². The SMILES string of the molecule is CC1(C)CC2CC(C)(CN2C(=O)C(C)(C)Br)C1. The van der Waals surface area contributed by atoms with Crippen LogP contribution in [0.5, 0.6) is 0 Å². The van der Waals surface area contributed by atoms with Crippen LogP contribution in [0.2, 0.25) is 0 Å². The van der Waals surface area contributed by atoms with Crippen LogP contribution in [0.4, 0.5) is 0 Å². The van der Waals surface area contributed by atoms with Crippen LogP contribution < -0.4 is 0 Å². The van der Waals surface area contributed by atoms with E-state index >= 15 is 0 Å². The number of alkyl halides is 1. The van der Waals surface area contributed by atoms with Crippen LogP contribution in [0.3, 0.4) is 0 Å². The molecule has 1 aliphatic heterocycles. The van der Waals surface area contributed by atoms with Crippen LogP contribution in [-0.2, 0) is 4.79 Å². The largest absolute Gasteiger partial charge is 0.338 e. The summed E-state index contributed by atoms with van der Waals surface area (Å²) in [5.74, 6) is 0.254. The summed E-state index contributed by atoms with van der Waals surface area (Å²) >= 11 is 3.51. The van der Waals surface area contributed by atoms with Gasteiger partial charge in [-0.3, -0.25) is 4.79 Å². The molecular weight excluding hydrogens is 278 g/mol. The van der Waals surface area contributed by atoms with Crippen LogP contribution in [0.25, 0.3) is 0 Å². The van der Waals surface area contributed by atoms with Gasteiger partial charge in [0.05, 0.1) is 4.32 Å². The number of hydrogen-bond acceptors (Lipinski definition) is 1. The Morgan fingerprint density at radius 1 is 1.29 bits per heavy atom. The molecule has 98 valence electrons. The number of nitrogens with zero attached hydrogens (tertiary/aromatic N) is 1. The molecule has 0 N–H and O–H groups in total. The van der Waals surface area contributed by atoms with Crippen molar-refractivity contribution in [3.63, 3.8) is 0 Å². The molecule has 2 unspecified atom stereocenters. The lowest BCUT2D eigenvalue weighted by atomic mass is 9.65. The smallest absolute Gasteiger partial charge is 0.239 e. The van der Waals surface area contributed by atoms with Crippen molar-refractivity contribution in [3.05, 3.63) is 0 Å². The molecule has 3 heteroatoms. The van der Waals surface area contributed by atoms with Gasteiger partial charge in [-0.2, -0.15) is 0 Å². The summed E-state index contributed by atoms with van der Waals surface area (Å²) in [5, 5.41) is 0. The molecule has 2 atom stereocenters. The number of likely N-dealkylation sites (tertiary alicyclic amines) is 1. The van der Waals surface area contributed by atoms with Crippen molar-refractivity contribution in [2.45, 2.75) is 64.2 Å². The summed E-state index contributed by atoms with van der Waals surface area (Å²) in [6, 6.07) is 0.452. The van der Waals surface area contributed by atoms with Gasteiger partial charge in [0.25, 0.3) is 0 Å². The number of hydrogen-bond donors (Lipinski definition) is 0. The minimum Gasteiger partial charge on any atom is -0.338 e. The molecule has 2 nitrogen and oxygen atoms in total. The molecular formula is C14H24BrNO. The number of halogens is 1. The maximum atomic E-state index is 12.4. The molecule has 2 fully saturated rings. The number of carbonyl (C=O) groups excluding carboxylic acids is 1. The first-order valence-corrected chi connectivity index (χ1v) is 7.32. The fraction of sp³-hybridized carbons (Fsp3) is 0.929. The maximum Gasteiger partial charge on any atom is 0.239 e. The topological polar surface area (TPSA) is 20.3 Å². The molecule has 1 heterocycles. The van der Waals surface area contributed by atoms with Crippen molar-refractivity contribution in [1.82, 2.24) is 4.90 Å². The molecule has 0 aromatic heterocycles. The number of fused-ring (bicyclic) bond motifs is 2. The van der Waals surface area contributed by atoms with Gasteiger partial charge in [0, 0.05) is 12.6 Å². The molecule has 0 aromatic rings. The molecule has 0 spiro atoms. The predicted molar refractivity (Wildman–Crippen MR) is 74.2 cm³/mol. The standard InChI is InChI=1S/C14H24BrNO/c1-12(2)6-10-7-14(5,8-12)9-16(10)11(17)13(3,4)15/h10H,6-9H2,1-5H3. The first-order chi connectivity index (χ1) is 7.53. The highest BCUT2D eigenvalue weighted by atomic mass is 79.9. The van der Waals surface area contributed by atoms with Crippen LogP contribution in [0.1, 0.15) is 53.9 Å². The average Bonchev–Trinajstić information content (AvgIpc) is 2.31. The fourth-order valence-electron chi connectivity index (χ4n) is 4.04. The Morgan fingerprint density at radius 3 is 2.41 bits per heavy atom. The molecule has 1 aliphatic carbocycles. The second-order valence-corrected chi connectivity index (χ2v) is 9.60. The van der Waals surface area contributed by atoms with E-state index in [1.165, 1.54) is 12.8 Å². The van der Waals surface area contributed by atoms with Gasteiger partial charge in [-0.15, -0.1) is 0 Å². The van der Waals surface area contributed by atoms with E-state index < -0.39 is 4.32 Å². The Morgan fingerprint density at radius 2 is 1.88 bits per heavy atom. The number of rotatable bonds is 1. The molecule has 0 radical (unpaired) electrons. The average molecular weight is 302 g/mol. The summed E-state index contributed by atoms with van der Waals surface area (Å²) in [6.07, 6.45) is 3.58. The minimum atomic E-state index is -0.426. The van der Waals surface area contributed by atoms with Gasteiger partial charge in [-0.25, -0.2) is 0 Å². The van der Waals surface area contributed by atoms with Crippen LogP contribution in [-0.4, -0.2) is 27.7 Å². The predicted octanol–water partition coefficient (Wildman–Crippen LogP) is 3.59. The lowest BCUT2D eigenvalue weighted by Gasteiger charge is -2.39. The highest BCUT2D eigenvalue weighted by Crippen LogP contribution is 2.53. The van der Waals surface area contributed by atoms with E-state index in [1.807, 2.05) is 13.8 Å². The van der Waals surface area contributed by atoms with Crippen molar-refractivity contribution in [1.29, 1.82) is 0 Å². The van der Waals surface area contributed by atoms with Gasteiger partial charge in [-0.05, 0) is 43.9 Å². The quantitative estimate of drug-likeness (QED) is 0.678. The Labute approximate surface area is 113 Å². The third-order valence-corrected chi connectivity index (χ3v) is 4.52. The van der Waals surface area contributed by atoms with Crippen molar-refractivity contribution in [2.75, 3.05) is 6.54 Å². The monoisotopic (exact) mass is 301 g/mol. The van der Waals surface area contributed by atoms with Crippen molar-refractivity contribution < 1.29 is 4.79 Å². The van der Waals surface area contributed by atoms with Crippen LogP contribution in [0, 0.1) is 10.8 Å². The Balaban J connectivity index is 2.22. The van der Waals surface area contributed by atoms with E-state index in [1.54, 1.807) is 0 Å². The van der Waals surface area contributed by atoms with Gasteiger partial charge < -0.3 is 4.90 Å². The lowest BCUT2D eigenvalue weighted by Crippen LogP contribution is -2.45. The molecule has 2 bridgehead atoms. The second-order valence-electron chi connectivity index (χ2n) is 7.62. The van der Waals surface area contributed by atoms with E-state index in [4.69, 9.17) is 0 Å². The zero-order valence-corrected chi connectivity index (χ0v) is 13.2. The lowest BCUT2D eigenvalue weighted by molar-refractivity contribution is -0.133. The maximum absolute atomic E-state index is 12.4. The fourth-order valence-corrected chi connectivity index (χ4v) is 4.27. The van der Waals surface area contributed by atoms with Crippen molar-refractivity contribution in [2.24, 2.45) is 10.8 Å². The summed E-state index contributed by atoms with van der Waals surface area (Å²) in [4.78, 5) is 14.6. The van der Waals surface area contributed by atoms with Gasteiger partial charge in [-0.1, -0.05) is 36.7 Å². The Kier molecular flexibility index (Phi) is 2.93. The number of carbonyl (C=O) groups is 1. The van der Waals surface area contributed by atoms with Gasteiger partial charge in [0.1, 0.15) is 0 Å². The zero-order chi connectivity index (χ0) is 13.1. The van der Waals surface area contributed by atoms with E-state index in [0.717, 1.165) is 13.0 Å². The second kappa shape index (κ2) is 3.72. The Hall–Kier alpha value is -0.0500. The summed E-state index contributed by atoms with van der Waals surface area (Å²) in [6.45, 7) is 11.9. The highest BCUT2D eigenvalue weighted by Gasteiger charge is 2.52. The van der Waals surface area contributed by atoms with E-state index in [2.05, 4.69) is 41.6 Å². The molecule has 17 heavy (non-hydrogen) atoms. The molecule has 2 aliphatic rings. The minimum absolute atomic E-state index is 0.254. The third kappa shape index (κ3) is 2.54. The van der Waals surface area contributed by atoms with Crippen LogP contribution in [0.15, 0.2) is 0 Å². The van der Waals surface area contributed by atoms with Crippen LogP contribution >= 0.6 is 15.9 Å². The van der Waals surface area contributed by atoms with Gasteiger partial charge >= 0.3 is 0 Å². The molecule has 1 saturated carbocycles. The molecule has 0 aromatic carbocycles. The van der Waals surface area contributed by atoms with E-state index in [0.29, 0.717) is 16.9 Å². The first-order valence-electron chi connectivity index (χ1n) is 6.53. The molecule has 1 amide bonds. The summed E-state index contributed by atoms with van der Waals surface area (Å²) in [5.41, 5.74) is 0.712. The molecule has 1 saturated heterocycles. The van der Waals surface area contributed by atoms with E-state index in [9.17, 15) is 4.79 Å². The van der Waals surface area contributed by atoms with Crippen molar-refractivity contribution in [3.8, 4) is 0 Å². The summed E-state index contributed by atoms with van der Waals surface area (Å²) < 4.78 is -0.426. The van der Waals surface area contributed by atoms with Gasteiger partial charge in [0.2, 0.25) is 5.91 Å². The zero-order valence-electron chi connectivity index (χ0n) is 11.6. The normalized spacial score (nSPS) is 36.1.